The number of thiophene rings is 1. The zero-order valence-corrected chi connectivity index (χ0v) is 31.9. The molecule has 0 saturated carbocycles. The SMILES string of the molecule is c1ccc(-c2nc(I3c4ccccc4-c4c3c3ccccc3c3cc(-c5ccc6sc7ccccc7c6c5)c5ccccc5c43)nc3ccccc23)cc1. The Balaban J connectivity index is 1.19. The Hall–Kier alpha value is -5.95. The Morgan fingerprint density at radius 3 is 1.94 bits per heavy atom. The van der Waals surface area contributed by atoms with Gasteiger partial charge in [0.05, 0.1) is 0 Å². The molecule has 12 rings (SSSR count). The Bertz CT molecular complexity index is 3350. The number of halogens is 1. The Morgan fingerprint density at radius 1 is 0.407 bits per heavy atom. The van der Waals surface area contributed by atoms with E-state index in [0.29, 0.717) is 0 Å². The summed E-state index contributed by atoms with van der Waals surface area (Å²) in [6, 6.07) is 64.7. The van der Waals surface area contributed by atoms with Gasteiger partial charge in [-0.2, -0.15) is 0 Å². The molecule has 0 atom stereocenters. The van der Waals surface area contributed by atoms with Gasteiger partial charge >= 0.3 is 319 Å². The second-order valence-corrected chi connectivity index (χ2v) is 19.8. The number of fused-ring (bicyclic) bond motifs is 14. The van der Waals surface area contributed by atoms with Gasteiger partial charge in [0.15, 0.2) is 0 Å². The summed E-state index contributed by atoms with van der Waals surface area (Å²) in [5.74, 6) is 0. The molecule has 54 heavy (non-hydrogen) atoms. The molecule has 0 unspecified atom stereocenters. The third-order valence-corrected chi connectivity index (χ3v) is 17.9. The maximum atomic E-state index is 5.56. The molecule has 0 bridgehead atoms. The average molecular weight is 817 g/mol. The van der Waals surface area contributed by atoms with Crippen molar-refractivity contribution in [2.75, 3.05) is 0 Å². The van der Waals surface area contributed by atoms with Crippen LogP contribution in [-0.2, 0) is 0 Å². The molecule has 3 heterocycles. The van der Waals surface area contributed by atoms with Gasteiger partial charge < -0.3 is 0 Å². The molecule has 1 aliphatic heterocycles. The molecular formula is C50H29IN2S. The van der Waals surface area contributed by atoms with Crippen molar-refractivity contribution < 1.29 is 0 Å². The Labute approximate surface area is 322 Å². The number of hydrogen-bond acceptors (Lipinski definition) is 3. The van der Waals surface area contributed by atoms with E-state index in [-0.39, 0.29) is 0 Å². The summed E-state index contributed by atoms with van der Waals surface area (Å²) in [5.41, 5.74) is 8.35. The van der Waals surface area contributed by atoms with Gasteiger partial charge in [-0.25, -0.2) is 0 Å². The molecule has 9 aromatic carbocycles. The van der Waals surface area contributed by atoms with E-state index in [2.05, 4.69) is 176 Å². The third-order valence-electron chi connectivity index (χ3n) is 11.0. The first-order valence-corrected chi connectivity index (χ1v) is 22.3. The van der Waals surface area contributed by atoms with E-state index in [4.69, 9.17) is 9.97 Å². The van der Waals surface area contributed by atoms with Crippen LogP contribution in [0.2, 0.25) is 0 Å². The number of para-hydroxylation sites is 1. The molecule has 0 fully saturated rings. The Morgan fingerprint density at radius 2 is 1.07 bits per heavy atom. The number of nitrogens with zero attached hydrogens (tertiary/aromatic N) is 2. The van der Waals surface area contributed by atoms with Crippen molar-refractivity contribution in [1.82, 2.24) is 9.97 Å². The molecule has 2 aromatic heterocycles. The van der Waals surface area contributed by atoms with Crippen molar-refractivity contribution in [3.63, 3.8) is 0 Å². The topological polar surface area (TPSA) is 25.8 Å². The van der Waals surface area contributed by atoms with Crippen molar-refractivity contribution in [2.45, 2.75) is 0 Å². The molecule has 0 N–H and O–H groups in total. The minimum absolute atomic E-state index is 0.990. The van der Waals surface area contributed by atoms with Gasteiger partial charge in [-0.05, 0) is 0 Å². The van der Waals surface area contributed by atoms with E-state index in [1.54, 1.807) is 0 Å². The van der Waals surface area contributed by atoms with Gasteiger partial charge in [0, 0.05) is 0 Å². The van der Waals surface area contributed by atoms with E-state index >= 15 is 0 Å². The van der Waals surface area contributed by atoms with Gasteiger partial charge in [0.25, 0.3) is 0 Å². The van der Waals surface area contributed by atoms with Gasteiger partial charge in [-0.1, -0.05) is 6.07 Å². The minimum atomic E-state index is -2.43. The monoisotopic (exact) mass is 816 g/mol. The predicted octanol–water partition coefficient (Wildman–Crippen LogP) is 14.2. The molecule has 1 aliphatic rings. The maximum absolute atomic E-state index is 5.56. The van der Waals surface area contributed by atoms with E-state index in [0.717, 1.165) is 26.0 Å². The van der Waals surface area contributed by atoms with Crippen LogP contribution in [0.15, 0.2) is 176 Å². The molecule has 0 spiro atoms. The normalized spacial score (nSPS) is 13.1. The summed E-state index contributed by atoms with van der Waals surface area (Å²) in [4.78, 5) is 11.0. The second-order valence-electron chi connectivity index (χ2n) is 13.9. The summed E-state index contributed by atoms with van der Waals surface area (Å²) in [6.45, 7) is 0. The van der Waals surface area contributed by atoms with Gasteiger partial charge in [-0.3, -0.25) is 0 Å². The molecule has 0 radical (unpaired) electrons. The van der Waals surface area contributed by atoms with Crippen molar-refractivity contribution in [1.29, 1.82) is 0 Å². The summed E-state index contributed by atoms with van der Waals surface area (Å²) in [7, 11) is 0. The zero-order valence-electron chi connectivity index (χ0n) is 28.9. The number of hydrogen-bond donors (Lipinski definition) is 0. The fourth-order valence-electron chi connectivity index (χ4n) is 8.65. The number of benzene rings is 9. The number of aromatic nitrogens is 2. The molecule has 0 amide bonds. The molecular weight excluding hydrogens is 788 g/mol. The van der Waals surface area contributed by atoms with Crippen molar-refractivity contribution in [2.24, 2.45) is 0 Å². The average Bonchev–Trinajstić information content (AvgIpc) is 3.79. The van der Waals surface area contributed by atoms with Gasteiger partial charge in [0.1, 0.15) is 0 Å². The molecule has 0 aliphatic carbocycles. The quantitative estimate of drug-likeness (QED) is 0.101. The summed E-state index contributed by atoms with van der Waals surface area (Å²) < 4.78 is 6.50. The van der Waals surface area contributed by atoms with Crippen LogP contribution >= 0.6 is 31.2 Å². The molecule has 4 heteroatoms. The van der Waals surface area contributed by atoms with E-state index in [1.165, 1.54) is 81.9 Å². The Kier molecular flexibility index (Phi) is 6.65. The van der Waals surface area contributed by atoms with Crippen molar-refractivity contribution in [3.05, 3.63) is 187 Å². The fourth-order valence-corrected chi connectivity index (χ4v) is 16.0. The van der Waals surface area contributed by atoms with E-state index in [1.807, 2.05) is 11.3 Å². The van der Waals surface area contributed by atoms with Gasteiger partial charge in [0.2, 0.25) is 0 Å². The first-order valence-electron chi connectivity index (χ1n) is 18.2. The zero-order chi connectivity index (χ0) is 35.3. The number of rotatable bonds is 3. The van der Waals surface area contributed by atoms with Crippen LogP contribution in [0.4, 0.5) is 0 Å². The van der Waals surface area contributed by atoms with Crippen LogP contribution in [0.25, 0.3) is 96.9 Å². The third kappa shape index (κ3) is 4.38. The van der Waals surface area contributed by atoms with Crippen molar-refractivity contribution >= 4 is 94.5 Å². The van der Waals surface area contributed by atoms with Crippen LogP contribution in [0.3, 0.4) is 0 Å². The van der Waals surface area contributed by atoms with Crippen molar-refractivity contribution in [3.8, 4) is 33.5 Å². The van der Waals surface area contributed by atoms with Crippen LogP contribution < -0.4 is 0 Å². The first-order chi connectivity index (χ1) is 26.8. The van der Waals surface area contributed by atoms with Crippen LogP contribution in [0.5, 0.6) is 0 Å². The molecule has 2 nitrogen and oxygen atoms in total. The summed E-state index contributed by atoms with van der Waals surface area (Å²) in [5, 5.41) is 11.5. The molecule has 11 aromatic rings. The first kappa shape index (κ1) is 30.5. The molecule has 252 valence electrons. The van der Waals surface area contributed by atoms with Crippen LogP contribution in [0, 0.1) is 11.0 Å². The predicted molar refractivity (Wildman–Crippen MR) is 238 cm³/mol. The summed E-state index contributed by atoms with van der Waals surface area (Å²) in [6.07, 6.45) is 0. The fraction of sp³-hybridized carbons (Fsp3) is 0. The van der Waals surface area contributed by atoms with E-state index < -0.39 is 19.8 Å². The second kappa shape index (κ2) is 11.8. The van der Waals surface area contributed by atoms with Gasteiger partial charge in [-0.15, -0.1) is 0 Å². The van der Waals surface area contributed by atoms with Crippen LogP contribution in [-0.4, -0.2) is 9.97 Å². The molecule has 0 saturated heterocycles. The standard InChI is InChI=1S/C50H29IN2S/c1-2-14-30(15-3-1)49-38-22-9-12-24-43(38)52-50(53-49)51-42-23-11-8-21-37(42)47-46-35-19-6-4-16-32(35)39(29-41(46)33-17-5-7-20-36(33)48(47)51)31-26-27-45-40(28-31)34-18-10-13-25-44(34)54-45/h1-29H. The summed E-state index contributed by atoms with van der Waals surface area (Å²) >= 11 is -0.558. The van der Waals surface area contributed by atoms with Crippen LogP contribution in [0.1, 0.15) is 0 Å². The van der Waals surface area contributed by atoms with E-state index in [9.17, 15) is 0 Å².